The van der Waals surface area contributed by atoms with E-state index >= 15 is 0 Å². The molecular weight excluding hydrogens is 251 g/mol. The van der Waals surface area contributed by atoms with E-state index in [-0.39, 0.29) is 5.82 Å². The molecular formula is C14H20ClFN2. The van der Waals surface area contributed by atoms with E-state index in [0.717, 1.165) is 26.1 Å². The highest BCUT2D eigenvalue weighted by Gasteiger charge is 2.22. The van der Waals surface area contributed by atoms with Crippen molar-refractivity contribution in [3.63, 3.8) is 0 Å². The molecule has 1 aliphatic heterocycles. The van der Waals surface area contributed by atoms with Crippen LogP contribution in [0.4, 0.5) is 10.1 Å². The summed E-state index contributed by atoms with van der Waals surface area (Å²) in [5.74, 6) is 0.313. The highest BCUT2D eigenvalue weighted by atomic mass is 35.5. The van der Waals surface area contributed by atoms with Crippen LogP contribution < -0.4 is 10.2 Å². The van der Waals surface area contributed by atoms with E-state index in [4.69, 9.17) is 11.6 Å². The number of hydrogen-bond acceptors (Lipinski definition) is 2. The normalized spacial score (nSPS) is 21.2. The van der Waals surface area contributed by atoms with Crippen LogP contribution in [-0.4, -0.2) is 25.7 Å². The van der Waals surface area contributed by atoms with Gasteiger partial charge >= 0.3 is 0 Å². The second kappa shape index (κ2) is 5.89. The maximum absolute atomic E-state index is 13.9. The largest absolute Gasteiger partial charge is 0.368 e. The third kappa shape index (κ3) is 3.15. The minimum atomic E-state index is -0.230. The lowest BCUT2D eigenvalue weighted by Crippen LogP contribution is -2.41. The lowest BCUT2D eigenvalue weighted by molar-refractivity contribution is 0.419. The van der Waals surface area contributed by atoms with Crippen LogP contribution in [0.1, 0.15) is 20.3 Å². The molecule has 0 spiro atoms. The van der Waals surface area contributed by atoms with Gasteiger partial charge in [0, 0.05) is 24.2 Å². The number of rotatable bonds is 2. The molecule has 0 saturated carbocycles. The molecule has 2 nitrogen and oxygen atoms in total. The highest BCUT2D eigenvalue weighted by Crippen LogP contribution is 2.24. The Morgan fingerprint density at radius 1 is 1.44 bits per heavy atom. The molecule has 1 N–H and O–H groups in total. The van der Waals surface area contributed by atoms with Gasteiger partial charge in [-0.1, -0.05) is 25.4 Å². The van der Waals surface area contributed by atoms with E-state index in [1.54, 1.807) is 12.1 Å². The molecule has 1 fully saturated rings. The molecule has 1 saturated heterocycles. The zero-order valence-electron chi connectivity index (χ0n) is 10.9. The summed E-state index contributed by atoms with van der Waals surface area (Å²) in [7, 11) is 0. The molecule has 100 valence electrons. The number of halogens is 2. The topological polar surface area (TPSA) is 15.3 Å². The smallest absolute Gasteiger partial charge is 0.147 e. The van der Waals surface area contributed by atoms with E-state index in [9.17, 15) is 4.39 Å². The van der Waals surface area contributed by atoms with Crippen LogP contribution in [0.2, 0.25) is 5.02 Å². The third-order valence-electron chi connectivity index (χ3n) is 3.48. The van der Waals surface area contributed by atoms with Gasteiger partial charge in [0.25, 0.3) is 0 Å². The highest BCUT2D eigenvalue weighted by molar-refractivity contribution is 6.30. The van der Waals surface area contributed by atoms with Crippen molar-refractivity contribution in [2.45, 2.75) is 26.3 Å². The van der Waals surface area contributed by atoms with Gasteiger partial charge in [0.15, 0.2) is 0 Å². The Morgan fingerprint density at radius 2 is 2.22 bits per heavy atom. The zero-order valence-corrected chi connectivity index (χ0v) is 11.7. The molecule has 1 heterocycles. The summed E-state index contributed by atoms with van der Waals surface area (Å²) in [6, 6.07) is 5.32. The summed E-state index contributed by atoms with van der Waals surface area (Å²) in [5.41, 5.74) is 0.661. The Morgan fingerprint density at radius 3 is 2.89 bits per heavy atom. The van der Waals surface area contributed by atoms with Gasteiger partial charge in [-0.25, -0.2) is 4.39 Å². The summed E-state index contributed by atoms with van der Waals surface area (Å²) in [5, 5.41) is 3.97. The van der Waals surface area contributed by atoms with Crippen LogP contribution in [-0.2, 0) is 0 Å². The van der Waals surface area contributed by atoms with Crippen molar-refractivity contribution in [1.82, 2.24) is 5.32 Å². The van der Waals surface area contributed by atoms with Crippen molar-refractivity contribution < 1.29 is 4.39 Å². The van der Waals surface area contributed by atoms with Crippen LogP contribution in [0.15, 0.2) is 18.2 Å². The standard InChI is InChI=1S/C14H20ClFN2/c1-10(2)13-9-18(7-3-6-17-13)14-5-4-11(15)8-12(14)16/h4-5,8,10,13,17H,3,6-7,9H2,1-2H3. The van der Waals surface area contributed by atoms with Crippen molar-refractivity contribution in [3.8, 4) is 0 Å². The minimum absolute atomic E-state index is 0.230. The van der Waals surface area contributed by atoms with E-state index in [1.165, 1.54) is 6.07 Å². The molecule has 0 aromatic heterocycles. The van der Waals surface area contributed by atoms with Crippen molar-refractivity contribution in [3.05, 3.63) is 29.0 Å². The van der Waals surface area contributed by atoms with Crippen molar-refractivity contribution >= 4 is 17.3 Å². The molecule has 1 aliphatic rings. The van der Waals surface area contributed by atoms with Gasteiger partial charge in [-0.05, 0) is 37.1 Å². The number of benzene rings is 1. The average Bonchev–Trinajstić information content (AvgIpc) is 2.54. The summed E-state index contributed by atoms with van der Waals surface area (Å²) >= 11 is 5.80. The van der Waals surface area contributed by atoms with Crippen LogP contribution in [0, 0.1) is 11.7 Å². The molecule has 0 amide bonds. The fourth-order valence-electron chi connectivity index (χ4n) is 2.35. The Balaban J connectivity index is 2.20. The molecule has 1 aromatic carbocycles. The molecule has 0 bridgehead atoms. The quantitative estimate of drug-likeness (QED) is 0.887. The first-order valence-corrected chi connectivity index (χ1v) is 6.89. The van der Waals surface area contributed by atoms with Crippen LogP contribution >= 0.6 is 11.6 Å². The van der Waals surface area contributed by atoms with E-state index in [1.807, 2.05) is 0 Å². The second-order valence-electron chi connectivity index (χ2n) is 5.20. The Hall–Kier alpha value is -0.800. The van der Waals surface area contributed by atoms with Gasteiger partial charge in [0.2, 0.25) is 0 Å². The summed E-state index contributed by atoms with van der Waals surface area (Å²) in [4.78, 5) is 2.12. The van der Waals surface area contributed by atoms with Gasteiger partial charge < -0.3 is 10.2 Å². The maximum atomic E-state index is 13.9. The molecule has 2 rings (SSSR count). The van der Waals surface area contributed by atoms with E-state index in [2.05, 4.69) is 24.1 Å². The summed E-state index contributed by atoms with van der Waals surface area (Å²) < 4.78 is 13.9. The molecule has 1 unspecified atom stereocenters. The van der Waals surface area contributed by atoms with Gasteiger partial charge in [0.1, 0.15) is 5.82 Å². The average molecular weight is 271 g/mol. The number of anilines is 1. The fraction of sp³-hybridized carbons (Fsp3) is 0.571. The van der Waals surface area contributed by atoms with Crippen LogP contribution in [0.3, 0.4) is 0 Å². The minimum Gasteiger partial charge on any atom is -0.368 e. The predicted molar refractivity (Wildman–Crippen MR) is 74.9 cm³/mol. The van der Waals surface area contributed by atoms with Gasteiger partial charge in [-0.3, -0.25) is 0 Å². The van der Waals surface area contributed by atoms with Gasteiger partial charge in [-0.15, -0.1) is 0 Å². The third-order valence-corrected chi connectivity index (χ3v) is 3.72. The molecule has 0 aliphatic carbocycles. The first kappa shape index (κ1) is 13.6. The SMILES string of the molecule is CC(C)C1CN(c2ccc(Cl)cc2F)CCCN1. The maximum Gasteiger partial charge on any atom is 0.147 e. The lowest BCUT2D eigenvalue weighted by Gasteiger charge is -2.28. The van der Waals surface area contributed by atoms with Crippen molar-refractivity contribution in [1.29, 1.82) is 0 Å². The Labute approximate surface area is 113 Å². The number of hydrogen-bond donors (Lipinski definition) is 1. The molecule has 1 atom stereocenters. The van der Waals surface area contributed by atoms with E-state index in [0.29, 0.717) is 22.7 Å². The monoisotopic (exact) mass is 270 g/mol. The molecule has 0 radical (unpaired) electrons. The first-order valence-electron chi connectivity index (χ1n) is 6.51. The molecule has 4 heteroatoms. The van der Waals surface area contributed by atoms with Crippen LogP contribution in [0.25, 0.3) is 0 Å². The van der Waals surface area contributed by atoms with Crippen molar-refractivity contribution in [2.24, 2.45) is 5.92 Å². The number of nitrogens with one attached hydrogen (secondary N) is 1. The lowest BCUT2D eigenvalue weighted by atomic mass is 10.0. The second-order valence-corrected chi connectivity index (χ2v) is 5.64. The summed E-state index contributed by atoms with van der Waals surface area (Å²) in [6.07, 6.45) is 1.03. The number of nitrogens with zero attached hydrogens (tertiary/aromatic N) is 1. The molecule has 18 heavy (non-hydrogen) atoms. The fourth-order valence-corrected chi connectivity index (χ4v) is 2.51. The van der Waals surface area contributed by atoms with Crippen molar-refractivity contribution in [2.75, 3.05) is 24.5 Å². The first-order chi connectivity index (χ1) is 8.58. The summed E-state index contributed by atoms with van der Waals surface area (Å²) in [6.45, 7) is 7.11. The molecule has 1 aromatic rings. The zero-order chi connectivity index (χ0) is 13.1. The van der Waals surface area contributed by atoms with E-state index < -0.39 is 0 Å². The van der Waals surface area contributed by atoms with Crippen LogP contribution in [0.5, 0.6) is 0 Å². The van der Waals surface area contributed by atoms with Gasteiger partial charge in [0.05, 0.1) is 5.69 Å². The van der Waals surface area contributed by atoms with Gasteiger partial charge in [-0.2, -0.15) is 0 Å². The Bertz CT molecular complexity index is 409. The predicted octanol–water partition coefficient (Wildman–Crippen LogP) is 3.30. The Kier molecular flexibility index (Phi) is 4.46.